The van der Waals surface area contributed by atoms with Crippen LogP contribution in [0.2, 0.25) is 0 Å². The number of nitro groups is 1. The average molecular weight is 403 g/mol. The van der Waals surface area contributed by atoms with E-state index >= 15 is 0 Å². The number of aryl methyl sites for hydroxylation is 1. The van der Waals surface area contributed by atoms with E-state index in [1.54, 1.807) is 4.90 Å². The normalized spacial score (nSPS) is 13.9. The second kappa shape index (κ2) is 8.28. The second-order valence-corrected chi connectivity index (χ2v) is 7.17. The molecule has 1 aliphatic heterocycles. The monoisotopic (exact) mass is 403 g/mol. The van der Waals surface area contributed by atoms with Gasteiger partial charge in [0, 0.05) is 49.4 Å². The van der Waals surface area contributed by atoms with Crippen molar-refractivity contribution < 1.29 is 9.72 Å². The Morgan fingerprint density at radius 2 is 1.63 bits per heavy atom. The number of rotatable bonds is 4. The van der Waals surface area contributed by atoms with Crippen LogP contribution in [0.3, 0.4) is 0 Å². The molecule has 0 unspecified atom stereocenters. The van der Waals surface area contributed by atoms with E-state index in [1.807, 2.05) is 43.3 Å². The molecular formula is C22H21N5O3. The summed E-state index contributed by atoms with van der Waals surface area (Å²) < 4.78 is 0. The first kappa shape index (κ1) is 19.5. The molecule has 0 atom stereocenters. The summed E-state index contributed by atoms with van der Waals surface area (Å²) in [5, 5.41) is 19.5. The third-order valence-corrected chi connectivity index (χ3v) is 5.29. The number of benzene rings is 2. The van der Waals surface area contributed by atoms with Gasteiger partial charge in [0.15, 0.2) is 5.82 Å². The van der Waals surface area contributed by atoms with Crippen molar-refractivity contribution in [2.75, 3.05) is 31.1 Å². The van der Waals surface area contributed by atoms with E-state index in [0.717, 1.165) is 22.6 Å². The molecule has 3 aromatic rings. The first-order chi connectivity index (χ1) is 14.5. The molecule has 1 fully saturated rings. The van der Waals surface area contributed by atoms with Gasteiger partial charge in [0.1, 0.15) is 0 Å². The topological polar surface area (TPSA) is 92.5 Å². The molecule has 152 valence electrons. The number of nitro benzene ring substituents is 1. The van der Waals surface area contributed by atoms with Gasteiger partial charge in [-0.25, -0.2) is 0 Å². The molecule has 0 bridgehead atoms. The Kier molecular flexibility index (Phi) is 5.38. The van der Waals surface area contributed by atoms with Gasteiger partial charge in [0.05, 0.1) is 10.6 Å². The zero-order valence-electron chi connectivity index (χ0n) is 16.6. The van der Waals surface area contributed by atoms with Crippen molar-refractivity contribution in [2.45, 2.75) is 6.92 Å². The van der Waals surface area contributed by atoms with Crippen LogP contribution in [-0.2, 0) is 0 Å². The van der Waals surface area contributed by atoms with Gasteiger partial charge in [0.25, 0.3) is 11.6 Å². The minimum Gasteiger partial charge on any atom is -0.352 e. The van der Waals surface area contributed by atoms with Gasteiger partial charge in [-0.2, -0.15) is 0 Å². The number of piperazine rings is 1. The van der Waals surface area contributed by atoms with E-state index in [-0.39, 0.29) is 11.6 Å². The minimum atomic E-state index is -0.474. The molecule has 30 heavy (non-hydrogen) atoms. The van der Waals surface area contributed by atoms with Crippen LogP contribution in [0.25, 0.3) is 11.3 Å². The lowest BCUT2D eigenvalue weighted by molar-refractivity contribution is -0.384. The fraction of sp³-hybridized carbons (Fsp3) is 0.227. The molecule has 2 aromatic carbocycles. The van der Waals surface area contributed by atoms with Crippen molar-refractivity contribution in [1.82, 2.24) is 15.1 Å². The summed E-state index contributed by atoms with van der Waals surface area (Å²) in [6.45, 7) is 4.45. The lowest BCUT2D eigenvalue weighted by Gasteiger charge is -2.35. The lowest BCUT2D eigenvalue weighted by Crippen LogP contribution is -2.49. The average Bonchev–Trinajstić information content (AvgIpc) is 2.79. The van der Waals surface area contributed by atoms with Crippen molar-refractivity contribution in [3.05, 3.63) is 81.9 Å². The maximum absolute atomic E-state index is 12.7. The Balaban J connectivity index is 1.39. The predicted octanol–water partition coefficient (Wildman–Crippen LogP) is 3.32. The molecular weight excluding hydrogens is 382 g/mol. The van der Waals surface area contributed by atoms with E-state index in [2.05, 4.69) is 15.1 Å². The Morgan fingerprint density at radius 3 is 2.23 bits per heavy atom. The summed E-state index contributed by atoms with van der Waals surface area (Å²) in [7, 11) is 0. The molecule has 0 radical (unpaired) electrons. The summed E-state index contributed by atoms with van der Waals surface area (Å²) in [4.78, 5) is 26.8. The Bertz CT molecular complexity index is 1060. The molecule has 1 aliphatic rings. The molecule has 2 heterocycles. The van der Waals surface area contributed by atoms with Crippen molar-refractivity contribution in [1.29, 1.82) is 0 Å². The summed E-state index contributed by atoms with van der Waals surface area (Å²) in [6, 6.07) is 17.7. The summed E-state index contributed by atoms with van der Waals surface area (Å²) in [5.74, 6) is 0.667. The van der Waals surface area contributed by atoms with E-state index in [9.17, 15) is 14.9 Å². The van der Waals surface area contributed by atoms with E-state index in [4.69, 9.17) is 0 Å². The van der Waals surface area contributed by atoms with Crippen molar-refractivity contribution >= 4 is 17.4 Å². The molecule has 4 rings (SSSR count). The quantitative estimate of drug-likeness (QED) is 0.490. The van der Waals surface area contributed by atoms with Crippen LogP contribution >= 0.6 is 0 Å². The summed E-state index contributed by atoms with van der Waals surface area (Å²) >= 11 is 0. The Morgan fingerprint density at radius 1 is 0.933 bits per heavy atom. The third kappa shape index (κ3) is 3.98. The number of non-ortho nitro benzene ring substituents is 1. The maximum Gasteiger partial charge on any atom is 0.269 e. The summed E-state index contributed by atoms with van der Waals surface area (Å²) in [6.07, 6.45) is 0. The zero-order chi connectivity index (χ0) is 21.1. The lowest BCUT2D eigenvalue weighted by atomic mass is 10.1. The van der Waals surface area contributed by atoms with Gasteiger partial charge in [0.2, 0.25) is 0 Å². The fourth-order valence-corrected chi connectivity index (χ4v) is 3.54. The first-order valence-corrected chi connectivity index (χ1v) is 9.71. The van der Waals surface area contributed by atoms with Crippen LogP contribution in [0.15, 0.2) is 60.7 Å². The highest BCUT2D eigenvalue weighted by atomic mass is 16.6. The SMILES string of the molecule is Cc1ccccc1-c1ccc(N2CCN(C(=O)c3ccc([N+](=O)[O-])cc3)CC2)nn1. The van der Waals surface area contributed by atoms with Gasteiger partial charge in [-0.3, -0.25) is 14.9 Å². The minimum absolute atomic E-state index is 0.0240. The van der Waals surface area contributed by atoms with Gasteiger partial charge >= 0.3 is 0 Å². The molecule has 1 saturated heterocycles. The number of aromatic nitrogens is 2. The maximum atomic E-state index is 12.7. The molecule has 1 amide bonds. The zero-order valence-corrected chi connectivity index (χ0v) is 16.6. The Hall–Kier alpha value is -3.81. The number of hydrogen-bond acceptors (Lipinski definition) is 6. The van der Waals surface area contributed by atoms with Crippen LogP contribution < -0.4 is 4.90 Å². The highest BCUT2D eigenvalue weighted by Crippen LogP contribution is 2.22. The summed E-state index contributed by atoms with van der Waals surface area (Å²) in [5.41, 5.74) is 3.48. The van der Waals surface area contributed by atoms with E-state index < -0.39 is 4.92 Å². The van der Waals surface area contributed by atoms with Crippen LogP contribution in [0, 0.1) is 17.0 Å². The van der Waals surface area contributed by atoms with Crippen molar-refractivity contribution in [2.24, 2.45) is 0 Å². The number of nitrogens with zero attached hydrogens (tertiary/aromatic N) is 5. The number of hydrogen-bond donors (Lipinski definition) is 0. The van der Waals surface area contributed by atoms with Gasteiger partial charge < -0.3 is 9.80 Å². The van der Waals surface area contributed by atoms with Crippen LogP contribution in [0.5, 0.6) is 0 Å². The molecule has 0 spiro atoms. The van der Waals surface area contributed by atoms with E-state index in [0.29, 0.717) is 31.7 Å². The van der Waals surface area contributed by atoms with Crippen LogP contribution in [0.4, 0.5) is 11.5 Å². The number of amides is 1. The number of anilines is 1. The van der Waals surface area contributed by atoms with Crippen molar-refractivity contribution in [3.8, 4) is 11.3 Å². The molecule has 8 heteroatoms. The smallest absolute Gasteiger partial charge is 0.269 e. The second-order valence-electron chi connectivity index (χ2n) is 7.17. The molecule has 0 aliphatic carbocycles. The van der Waals surface area contributed by atoms with Gasteiger partial charge in [-0.15, -0.1) is 10.2 Å². The fourth-order valence-electron chi connectivity index (χ4n) is 3.54. The van der Waals surface area contributed by atoms with Gasteiger partial charge in [-0.1, -0.05) is 24.3 Å². The van der Waals surface area contributed by atoms with Crippen LogP contribution in [0.1, 0.15) is 15.9 Å². The Labute approximate surface area is 173 Å². The molecule has 1 aromatic heterocycles. The molecule has 0 N–H and O–H groups in total. The first-order valence-electron chi connectivity index (χ1n) is 9.71. The predicted molar refractivity (Wildman–Crippen MR) is 113 cm³/mol. The molecule has 8 nitrogen and oxygen atoms in total. The standard InChI is InChI=1S/C22H21N5O3/c1-16-4-2-3-5-19(16)20-10-11-21(24-23-20)25-12-14-26(15-13-25)22(28)17-6-8-18(9-7-17)27(29)30/h2-11H,12-15H2,1H3. The highest BCUT2D eigenvalue weighted by molar-refractivity contribution is 5.94. The van der Waals surface area contributed by atoms with E-state index in [1.165, 1.54) is 24.3 Å². The van der Waals surface area contributed by atoms with Gasteiger partial charge in [-0.05, 0) is 36.8 Å². The van der Waals surface area contributed by atoms with Crippen LogP contribution in [-0.4, -0.2) is 52.1 Å². The largest absolute Gasteiger partial charge is 0.352 e. The molecule has 0 saturated carbocycles. The number of carbonyl (C=O) groups is 1. The van der Waals surface area contributed by atoms with Crippen molar-refractivity contribution in [3.63, 3.8) is 0 Å². The third-order valence-electron chi connectivity index (χ3n) is 5.29. The number of carbonyl (C=O) groups excluding carboxylic acids is 1. The highest BCUT2D eigenvalue weighted by Gasteiger charge is 2.23.